The van der Waals surface area contributed by atoms with E-state index < -0.39 is 30.8 Å². The molecule has 0 spiro atoms. The van der Waals surface area contributed by atoms with E-state index in [1.165, 1.54) is 75.3 Å². The number of fused-ring (bicyclic) bond motifs is 6. The summed E-state index contributed by atoms with van der Waals surface area (Å²) in [7, 11) is 0.580. The summed E-state index contributed by atoms with van der Waals surface area (Å²) in [6.07, 6.45) is 16.7. The quantitative estimate of drug-likeness (QED) is 0.0922. The molecular formula is C64H70ClF2N9O10S3. The molecule has 19 nitrogen and oxygen atoms in total. The molecule has 13 rings (SSSR count). The monoisotopic (exact) mass is 1290 g/mol. The van der Waals surface area contributed by atoms with Gasteiger partial charge in [0.05, 0.1) is 45.3 Å². The molecule has 4 bridgehead atoms. The predicted molar refractivity (Wildman–Crippen MR) is 335 cm³/mol. The molecule has 9 aromatic rings. The second-order valence-electron chi connectivity index (χ2n) is 22.7. The number of hydrogen-bond acceptors (Lipinski definition) is 15. The highest BCUT2D eigenvalue weighted by molar-refractivity contribution is 8.13. The number of para-hydroxylation sites is 2. The normalized spacial score (nSPS) is 19.3. The van der Waals surface area contributed by atoms with E-state index in [4.69, 9.17) is 28.6 Å². The van der Waals surface area contributed by atoms with Crippen LogP contribution in [-0.2, 0) is 77.5 Å². The second kappa shape index (κ2) is 29.7. The number of benzene rings is 5. The summed E-state index contributed by atoms with van der Waals surface area (Å²) in [4.78, 5) is 27.0. The van der Waals surface area contributed by atoms with Gasteiger partial charge >= 0.3 is 21.8 Å². The largest absolute Gasteiger partial charge is 0.486 e. The van der Waals surface area contributed by atoms with Crippen LogP contribution in [0.15, 0.2) is 165 Å². The van der Waals surface area contributed by atoms with E-state index in [2.05, 4.69) is 25.5 Å². The average molecular weight is 1290 g/mol. The number of hydrogen-bond donors (Lipinski definition) is 0. The van der Waals surface area contributed by atoms with E-state index in [9.17, 15) is 34.7 Å². The maximum atomic E-state index is 13.3. The van der Waals surface area contributed by atoms with E-state index in [0.717, 1.165) is 93.9 Å². The summed E-state index contributed by atoms with van der Waals surface area (Å²) >= 11 is -0.750. The first kappa shape index (κ1) is 65.7. The third-order valence-corrected chi connectivity index (χ3v) is 19.3. The molecule has 470 valence electrons. The van der Waals surface area contributed by atoms with Gasteiger partial charge in [0, 0.05) is 66.3 Å². The Labute approximate surface area is 523 Å². The molecular weight excluding hydrogens is 1220 g/mol. The molecule has 4 atom stereocenters. The van der Waals surface area contributed by atoms with Crippen molar-refractivity contribution in [1.82, 2.24) is 44.0 Å². The fraction of sp³-hybridized carbons (Fsp3) is 0.375. The third kappa shape index (κ3) is 16.9. The first-order valence-electron chi connectivity index (χ1n) is 29.4. The number of nitrogens with zero attached hydrogens (tertiary/aromatic N) is 9. The molecule has 4 unspecified atom stereocenters. The van der Waals surface area contributed by atoms with Crippen molar-refractivity contribution in [2.75, 3.05) is 0 Å². The molecule has 0 N–H and O–H groups in total. The van der Waals surface area contributed by atoms with Crippen LogP contribution < -0.4 is 20.6 Å². The van der Waals surface area contributed by atoms with Crippen LogP contribution in [0.25, 0.3) is 21.8 Å². The first-order chi connectivity index (χ1) is 42.7. The fourth-order valence-electron chi connectivity index (χ4n) is 12.4. The molecule has 0 radical (unpaired) electrons. The summed E-state index contributed by atoms with van der Waals surface area (Å²) in [5.74, 6) is 2.70. The van der Waals surface area contributed by atoms with Crippen LogP contribution in [0.3, 0.4) is 0 Å². The Kier molecular flexibility index (Phi) is 21.9. The summed E-state index contributed by atoms with van der Waals surface area (Å²) in [5, 5.41) is 19.3. The van der Waals surface area contributed by atoms with Crippen LogP contribution in [0.5, 0.6) is 11.5 Å². The van der Waals surface area contributed by atoms with Gasteiger partial charge in [-0.3, -0.25) is 14.5 Å². The summed E-state index contributed by atoms with van der Waals surface area (Å²) in [5.41, 5.74) is 6.30. The number of pyridine rings is 2. The van der Waals surface area contributed by atoms with Gasteiger partial charge in [-0.05, 0) is 147 Å². The molecule has 2 aliphatic carbocycles. The Morgan fingerprint density at radius 3 is 1.40 bits per heavy atom. The molecule has 6 heterocycles. The molecule has 2 saturated carbocycles. The van der Waals surface area contributed by atoms with Crippen LogP contribution in [0, 0.1) is 17.7 Å². The van der Waals surface area contributed by atoms with Gasteiger partial charge in [-0.2, -0.15) is 16.8 Å². The Morgan fingerprint density at radius 2 is 0.978 bits per heavy atom. The number of rotatable bonds is 14. The van der Waals surface area contributed by atoms with Gasteiger partial charge in [-0.1, -0.05) is 97.8 Å². The minimum Gasteiger partial charge on any atom is -0.486 e. The molecule has 0 amide bonds. The highest BCUT2D eigenvalue weighted by Gasteiger charge is 2.41. The lowest BCUT2D eigenvalue weighted by Crippen LogP contribution is -2.42. The molecule has 4 aromatic heterocycles. The van der Waals surface area contributed by atoms with Crippen LogP contribution in [0.4, 0.5) is 8.28 Å². The van der Waals surface area contributed by atoms with E-state index in [1.54, 1.807) is 65.7 Å². The van der Waals surface area contributed by atoms with Crippen LogP contribution in [0.2, 0.25) is 0 Å². The van der Waals surface area contributed by atoms with Gasteiger partial charge in [0.25, 0.3) is 20.2 Å². The number of halogens is 3. The molecule has 89 heavy (non-hydrogen) atoms. The van der Waals surface area contributed by atoms with Crippen molar-refractivity contribution in [2.24, 2.45) is 25.9 Å². The van der Waals surface area contributed by atoms with Gasteiger partial charge < -0.3 is 18.6 Å². The maximum absolute atomic E-state index is 13.3. The number of aryl methyl sites for hydroxylation is 4. The molecule has 4 aliphatic rings. The molecule has 5 aromatic carbocycles. The lowest BCUT2D eigenvalue weighted by atomic mass is 9.85. The third-order valence-electron chi connectivity index (χ3n) is 17.1. The van der Waals surface area contributed by atoms with E-state index in [0.29, 0.717) is 42.3 Å². The van der Waals surface area contributed by atoms with Crippen molar-refractivity contribution in [3.63, 3.8) is 0 Å². The molecule has 4 fully saturated rings. The minimum absolute atomic E-state index is 0.0787. The number of aromatic nitrogens is 8. The Hall–Kier alpha value is -7.77. The zero-order chi connectivity index (χ0) is 63.4. The summed E-state index contributed by atoms with van der Waals surface area (Å²) in [6.45, 7) is 5.39. The molecule has 2 aliphatic heterocycles. The van der Waals surface area contributed by atoms with Gasteiger partial charge in [0.1, 0.15) is 41.9 Å². The van der Waals surface area contributed by atoms with Crippen LogP contribution in [-0.4, -0.2) is 81.4 Å². The highest BCUT2D eigenvalue weighted by atomic mass is 35.7. The average Bonchev–Trinajstić information content (AvgIpc) is 3.55. The lowest BCUT2D eigenvalue weighted by Gasteiger charge is -2.38. The Bertz CT molecular complexity index is 4180. The first-order valence-corrected chi connectivity index (χ1v) is 33.8. The fourth-order valence-corrected chi connectivity index (χ4v) is 13.6. The van der Waals surface area contributed by atoms with Crippen molar-refractivity contribution in [1.29, 1.82) is 0 Å². The SMILES string of the molecule is CCc1ccc(S(=O)(=O)Cl)cc1.CCc1ccc(S(=O)(=O)F)cc1.Cn1c(=O)cc(OCc2cn(C3CC4CCC(C3)N4Cc3ccc(F)cc3)nn2)c2ccccc21.Cn1c(=O)cc(OCc2cn(C3CC4CCC(C4)C3)nn2)c2ccccc21.O=S=O. The zero-order valence-corrected chi connectivity index (χ0v) is 52.9. The Balaban J connectivity index is 0.000000153. The predicted octanol–water partition coefficient (Wildman–Crippen LogP) is 11.1. The van der Waals surface area contributed by atoms with E-state index in [1.807, 2.05) is 96.3 Å². The van der Waals surface area contributed by atoms with Crippen molar-refractivity contribution >= 4 is 63.3 Å². The number of piperidine rings is 1. The molecule has 25 heteroatoms. The molecule has 2 saturated heterocycles. The lowest BCUT2D eigenvalue weighted by molar-refractivity contribution is 0.0944. The van der Waals surface area contributed by atoms with Gasteiger partial charge in [0.15, 0.2) is 0 Å². The van der Waals surface area contributed by atoms with Crippen molar-refractivity contribution < 1.29 is 43.0 Å². The maximum Gasteiger partial charge on any atom is 0.335 e. The highest BCUT2D eigenvalue weighted by Crippen LogP contribution is 2.46. The minimum atomic E-state index is -4.53. The van der Waals surface area contributed by atoms with Gasteiger partial charge in [-0.25, -0.2) is 22.2 Å². The standard InChI is InChI=1S/C27H28FN5O2.C21H24N4O2.C8H9ClO2S.C8H9FO2S.O2S/c1-31-25-5-3-2-4-24(25)26(14-27(31)34)35-17-20-16-33(30-29-20)23-12-21-10-11-22(13-23)32(21)15-18-6-8-19(28)9-7-18;1-24-19-5-3-2-4-18(19)20(11-21(24)26)27-13-16-12-25(23-22-16)17-9-14-6-7-15(8-14)10-17;2*1-2-7-3-5-8(6-4-7)12(9,10)11;1-3-2/h2-9,14,16,21-23H,10-13,15,17H2,1H3;2-5,11-12,14-15,17H,6-10,13H2,1H3;2*3-6H,2H2,1H3;. The van der Waals surface area contributed by atoms with Crippen LogP contribution >= 0.6 is 10.7 Å². The topological polar surface area (TPSA) is 230 Å². The second-order valence-corrected chi connectivity index (χ2v) is 26.8. The Morgan fingerprint density at radius 1 is 0.562 bits per heavy atom. The van der Waals surface area contributed by atoms with Crippen molar-refractivity contribution in [3.8, 4) is 11.5 Å². The smallest absolute Gasteiger partial charge is 0.335 e. The van der Waals surface area contributed by atoms with Crippen LogP contribution in [0.1, 0.15) is 112 Å². The summed E-state index contributed by atoms with van der Waals surface area (Å²) < 4.78 is 104. The summed E-state index contributed by atoms with van der Waals surface area (Å²) in [6, 6.07) is 39.5. The van der Waals surface area contributed by atoms with E-state index >= 15 is 0 Å². The van der Waals surface area contributed by atoms with E-state index in [-0.39, 0.29) is 33.3 Å². The van der Waals surface area contributed by atoms with Crippen molar-refractivity contribution in [2.45, 2.75) is 138 Å². The van der Waals surface area contributed by atoms with Crippen molar-refractivity contribution in [3.05, 3.63) is 200 Å². The zero-order valence-electron chi connectivity index (χ0n) is 49.7. The van der Waals surface area contributed by atoms with Gasteiger partial charge in [-0.15, -0.1) is 14.1 Å². The van der Waals surface area contributed by atoms with Gasteiger partial charge in [0.2, 0.25) is 0 Å². The number of ether oxygens (including phenoxy) is 2.